The van der Waals surface area contributed by atoms with Gasteiger partial charge in [-0.15, -0.1) is 0 Å². The highest BCUT2D eigenvalue weighted by atomic mass is 32.1. The van der Waals surface area contributed by atoms with Gasteiger partial charge in [-0.05, 0) is 30.4 Å². The van der Waals surface area contributed by atoms with Crippen LogP contribution >= 0.6 is 12.2 Å². The molecule has 0 radical (unpaired) electrons. The van der Waals surface area contributed by atoms with Crippen molar-refractivity contribution in [2.45, 2.75) is 6.18 Å². The minimum Gasteiger partial charge on any atom is -0.205 e. The zero-order valence-corrected chi connectivity index (χ0v) is 7.42. The van der Waals surface area contributed by atoms with Crippen LogP contribution in [-0.4, -0.2) is 5.16 Å². The largest absolute Gasteiger partial charge is 0.416 e. The Kier molecular flexibility index (Phi) is 2.98. The van der Waals surface area contributed by atoms with Gasteiger partial charge in [-0.3, -0.25) is 0 Å². The number of nitrogens with zero attached hydrogens (tertiary/aromatic N) is 1. The molecule has 0 heterocycles. The second kappa shape index (κ2) is 3.86. The molecular weight excluding hydrogens is 218 g/mol. The molecule has 0 aliphatic heterocycles. The molecule has 0 amide bonds. The topological polar surface area (TPSA) is 12.4 Å². The van der Waals surface area contributed by atoms with Gasteiger partial charge in [-0.2, -0.15) is 18.2 Å². The van der Waals surface area contributed by atoms with Crippen LogP contribution in [0.2, 0.25) is 0 Å². The SMILES string of the molecule is Fc1ccc(C(F)(F)F)cc1N=C=S. The van der Waals surface area contributed by atoms with Gasteiger partial charge < -0.3 is 0 Å². The molecule has 0 aromatic heterocycles. The lowest BCUT2D eigenvalue weighted by molar-refractivity contribution is -0.137. The lowest BCUT2D eigenvalue weighted by Crippen LogP contribution is -2.04. The van der Waals surface area contributed by atoms with Crippen molar-refractivity contribution in [3.05, 3.63) is 29.6 Å². The third-order valence-electron chi connectivity index (χ3n) is 1.44. The highest BCUT2D eigenvalue weighted by Crippen LogP contribution is 2.32. The highest BCUT2D eigenvalue weighted by Gasteiger charge is 2.31. The van der Waals surface area contributed by atoms with Crippen LogP contribution in [0.4, 0.5) is 23.2 Å². The summed E-state index contributed by atoms with van der Waals surface area (Å²) in [7, 11) is 0. The molecular formula is C8H3F4NS. The summed E-state index contributed by atoms with van der Waals surface area (Å²) in [5.74, 6) is -0.865. The smallest absolute Gasteiger partial charge is 0.205 e. The van der Waals surface area contributed by atoms with Crippen LogP contribution in [0.5, 0.6) is 0 Å². The van der Waals surface area contributed by atoms with Gasteiger partial charge in [0.1, 0.15) is 11.5 Å². The van der Waals surface area contributed by atoms with Crippen LogP contribution in [0.15, 0.2) is 23.2 Å². The first kappa shape index (κ1) is 10.8. The lowest BCUT2D eigenvalue weighted by Gasteiger charge is -2.06. The Labute approximate surface area is 82.1 Å². The summed E-state index contributed by atoms with van der Waals surface area (Å²) in [6, 6.07) is 1.90. The van der Waals surface area contributed by atoms with E-state index in [1.54, 1.807) is 5.16 Å². The summed E-state index contributed by atoms with van der Waals surface area (Å²) < 4.78 is 49.2. The molecule has 0 saturated carbocycles. The average molecular weight is 221 g/mol. The van der Waals surface area contributed by atoms with Gasteiger partial charge >= 0.3 is 6.18 Å². The van der Waals surface area contributed by atoms with Gasteiger partial charge in [-0.1, -0.05) is 0 Å². The Bertz CT molecular complexity index is 393. The predicted octanol–water partition coefficient (Wildman–Crippen LogP) is 3.58. The molecule has 1 aromatic carbocycles. The molecule has 0 bridgehead atoms. The van der Waals surface area contributed by atoms with Crippen LogP contribution in [0, 0.1) is 5.82 Å². The Morgan fingerprint density at radius 3 is 2.43 bits per heavy atom. The summed E-state index contributed by atoms with van der Waals surface area (Å²) in [6.07, 6.45) is -4.51. The number of hydrogen-bond donors (Lipinski definition) is 0. The van der Waals surface area contributed by atoms with Gasteiger partial charge in [0.05, 0.1) is 10.7 Å². The summed E-state index contributed by atoms with van der Waals surface area (Å²) >= 11 is 4.17. The van der Waals surface area contributed by atoms with Crippen molar-refractivity contribution < 1.29 is 17.6 Å². The van der Waals surface area contributed by atoms with Crippen LogP contribution < -0.4 is 0 Å². The molecule has 0 unspecified atom stereocenters. The molecule has 0 aliphatic carbocycles. The standard InChI is InChI=1S/C8H3F4NS/c9-6-2-1-5(8(10,11)12)3-7(6)13-4-14/h1-3H. The van der Waals surface area contributed by atoms with Crippen LogP contribution in [0.25, 0.3) is 0 Å². The summed E-state index contributed by atoms with van der Waals surface area (Å²) in [5, 5.41) is 1.80. The van der Waals surface area contributed by atoms with Crippen molar-refractivity contribution in [2.24, 2.45) is 4.99 Å². The Balaban J connectivity index is 3.26. The zero-order valence-electron chi connectivity index (χ0n) is 6.60. The van der Waals surface area contributed by atoms with Crippen molar-refractivity contribution in [3.63, 3.8) is 0 Å². The second-order valence-electron chi connectivity index (χ2n) is 2.37. The van der Waals surface area contributed by atoms with E-state index >= 15 is 0 Å². The molecule has 0 aliphatic rings. The Hall–Kier alpha value is -1.26. The quantitative estimate of drug-likeness (QED) is 0.401. The fourth-order valence-corrected chi connectivity index (χ4v) is 0.922. The van der Waals surface area contributed by atoms with Crippen molar-refractivity contribution in [1.29, 1.82) is 0 Å². The number of thiocarbonyl (C=S) groups is 1. The molecule has 14 heavy (non-hydrogen) atoms. The monoisotopic (exact) mass is 221 g/mol. The van der Waals surface area contributed by atoms with E-state index in [1.165, 1.54) is 0 Å². The van der Waals surface area contributed by atoms with E-state index < -0.39 is 23.2 Å². The van der Waals surface area contributed by atoms with Crippen LogP contribution in [0.1, 0.15) is 5.56 Å². The first-order valence-electron chi connectivity index (χ1n) is 3.40. The molecule has 0 N–H and O–H groups in total. The Morgan fingerprint density at radius 1 is 1.29 bits per heavy atom. The number of aliphatic imine (C=N–C) groups is 1. The van der Waals surface area contributed by atoms with Crippen molar-refractivity contribution in [1.82, 2.24) is 0 Å². The maximum atomic E-state index is 12.8. The predicted molar refractivity (Wildman–Crippen MR) is 46.1 cm³/mol. The number of hydrogen-bond acceptors (Lipinski definition) is 2. The van der Waals surface area contributed by atoms with Gasteiger partial charge in [0.25, 0.3) is 0 Å². The molecule has 1 nitrogen and oxygen atoms in total. The first-order chi connectivity index (χ1) is 6.45. The summed E-state index contributed by atoms with van der Waals surface area (Å²) in [5.41, 5.74) is -1.43. The van der Waals surface area contributed by atoms with E-state index in [2.05, 4.69) is 17.2 Å². The molecule has 0 fully saturated rings. The number of alkyl halides is 3. The minimum absolute atomic E-state index is 0.463. The number of isothiocyanates is 1. The molecule has 6 heteroatoms. The minimum atomic E-state index is -4.51. The molecule has 0 spiro atoms. The third-order valence-corrected chi connectivity index (χ3v) is 1.53. The number of benzene rings is 1. The fraction of sp³-hybridized carbons (Fsp3) is 0.125. The number of rotatable bonds is 1. The fourth-order valence-electron chi connectivity index (χ4n) is 0.824. The van der Waals surface area contributed by atoms with E-state index in [0.717, 1.165) is 0 Å². The van der Waals surface area contributed by atoms with Gasteiger partial charge in [0.15, 0.2) is 0 Å². The summed E-state index contributed by atoms with van der Waals surface area (Å²) in [4.78, 5) is 3.17. The molecule has 0 atom stereocenters. The van der Waals surface area contributed by atoms with Crippen molar-refractivity contribution in [2.75, 3.05) is 0 Å². The van der Waals surface area contributed by atoms with Gasteiger partial charge in [0.2, 0.25) is 0 Å². The molecule has 0 saturated heterocycles. The van der Waals surface area contributed by atoms with E-state index in [1.807, 2.05) is 0 Å². The maximum absolute atomic E-state index is 12.8. The van der Waals surface area contributed by atoms with Gasteiger partial charge in [0, 0.05) is 0 Å². The van der Waals surface area contributed by atoms with E-state index in [9.17, 15) is 17.6 Å². The summed E-state index contributed by atoms with van der Waals surface area (Å²) in [6.45, 7) is 0. The van der Waals surface area contributed by atoms with Crippen LogP contribution in [0.3, 0.4) is 0 Å². The van der Waals surface area contributed by atoms with Crippen molar-refractivity contribution in [3.8, 4) is 0 Å². The number of halogens is 4. The normalized spacial score (nSPS) is 10.9. The molecule has 1 aromatic rings. The highest BCUT2D eigenvalue weighted by molar-refractivity contribution is 7.78. The Morgan fingerprint density at radius 2 is 1.93 bits per heavy atom. The van der Waals surface area contributed by atoms with E-state index in [4.69, 9.17) is 0 Å². The lowest BCUT2D eigenvalue weighted by atomic mass is 10.2. The molecule has 74 valence electrons. The average Bonchev–Trinajstić information content (AvgIpc) is 2.07. The maximum Gasteiger partial charge on any atom is 0.416 e. The molecule has 1 rings (SSSR count). The third kappa shape index (κ3) is 2.37. The first-order valence-corrected chi connectivity index (χ1v) is 3.80. The van der Waals surface area contributed by atoms with Crippen molar-refractivity contribution >= 4 is 23.1 Å². The van der Waals surface area contributed by atoms with E-state index in [0.29, 0.717) is 18.2 Å². The van der Waals surface area contributed by atoms with E-state index in [-0.39, 0.29) is 0 Å². The second-order valence-corrected chi connectivity index (χ2v) is 2.55. The van der Waals surface area contributed by atoms with Gasteiger partial charge in [-0.25, -0.2) is 4.39 Å². The van der Waals surface area contributed by atoms with Crippen LogP contribution in [-0.2, 0) is 6.18 Å². The zero-order chi connectivity index (χ0) is 10.8.